The molecule has 6 heteroatoms. The van der Waals surface area contributed by atoms with Crippen molar-refractivity contribution in [1.82, 2.24) is 5.32 Å². The summed E-state index contributed by atoms with van der Waals surface area (Å²) in [5, 5.41) is 11.6. The van der Waals surface area contributed by atoms with Crippen LogP contribution < -0.4 is 5.32 Å². The number of carboxylic acids is 1. The van der Waals surface area contributed by atoms with E-state index < -0.39 is 12.0 Å². The highest BCUT2D eigenvalue weighted by Crippen LogP contribution is 2.21. The zero-order chi connectivity index (χ0) is 15.0. The van der Waals surface area contributed by atoms with E-state index in [9.17, 15) is 9.59 Å². The van der Waals surface area contributed by atoms with Crippen LogP contribution in [-0.4, -0.2) is 40.8 Å². The number of nitrogens with one attached hydrogen (secondary N) is 1. The number of carbonyl (C=O) groups excluding carboxylic acids is 1. The van der Waals surface area contributed by atoms with Gasteiger partial charge in [-0.25, -0.2) is 4.79 Å². The maximum Gasteiger partial charge on any atom is 0.326 e. The summed E-state index contributed by atoms with van der Waals surface area (Å²) in [6, 6.07) is 7.01. The van der Waals surface area contributed by atoms with Crippen molar-refractivity contribution in [1.29, 1.82) is 0 Å². The van der Waals surface area contributed by atoms with Crippen LogP contribution in [-0.2, 0) is 9.59 Å². The maximum atomic E-state index is 11.8. The quantitative estimate of drug-likeness (QED) is 0.722. The van der Waals surface area contributed by atoms with Crippen molar-refractivity contribution >= 4 is 35.4 Å². The molecule has 20 heavy (non-hydrogen) atoms. The molecule has 1 aromatic rings. The SMILES string of the molecule is CSCC[C@H](NC(=O)CSc1ccccc1C)C(=O)O. The first-order valence-corrected chi connectivity index (χ1v) is 8.62. The highest BCUT2D eigenvalue weighted by Gasteiger charge is 2.19. The molecule has 0 aliphatic carbocycles. The minimum atomic E-state index is -0.978. The summed E-state index contributed by atoms with van der Waals surface area (Å²) >= 11 is 2.99. The summed E-state index contributed by atoms with van der Waals surface area (Å²) in [6.45, 7) is 1.98. The zero-order valence-corrected chi connectivity index (χ0v) is 13.2. The van der Waals surface area contributed by atoms with Gasteiger partial charge in [0.05, 0.1) is 5.75 Å². The summed E-state index contributed by atoms with van der Waals surface area (Å²) in [7, 11) is 0. The van der Waals surface area contributed by atoms with Gasteiger partial charge in [-0.05, 0) is 37.0 Å². The predicted molar refractivity (Wildman–Crippen MR) is 84.5 cm³/mol. The van der Waals surface area contributed by atoms with Gasteiger partial charge in [-0.1, -0.05) is 18.2 Å². The molecule has 0 radical (unpaired) electrons. The van der Waals surface area contributed by atoms with Gasteiger partial charge in [-0.15, -0.1) is 11.8 Å². The first-order valence-electron chi connectivity index (χ1n) is 6.24. The average molecular weight is 313 g/mol. The maximum absolute atomic E-state index is 11.8. The summed E-state index contributed by atoms with van der Waals surface area (Å²) in [4.78, 5) is 23.9. The topological polar surface area (TPSA) is 66.4 Å². The Kier molecular flexibility index (Phi) is 7.54. The predicted octanol–water partition coefficient (Wildman–Crippen LogP) is 2.41. The Labute approximate surface area is 127 Å². The Bertz CT molecular complexity index is 465. The van der Waals surface area contributed by atoms with Gasteiger partial charge in [0.25, 0.3) is 0 Å². The average Bonchev–Trinajstić information content (AvgIpc) is 2.42. The van der Waals surface area contributed by atoms with Gasteiger partial charge in [-0.3, -0.25) is 4.79 Å². The molecule has 0 spiro atoms. The van der Waals surface area contributed by atoms with E-state index >= 15 is 0 Å². The van der Waals surface area contributed by atoms with Crippen LogP contribution in [0, 0.1) is 6.92 Å². The molecule has 0 aliphatic heterocycles. The summed E-state index contributed by atoms with van der Waals surface area (Å²) < 4.78 is 0. The molecule has 0 unspecified atom stereocenters. The fraction of sp³-hybridized carbons (Fsp3) is 0.429. The van der Waals surface area contributed by atoms with Gasteiger partial charge >= 0.3 is 5.97 Å². The molecule has 1 amide bonds. The van der Waals surface area contributed by atoms with Crippen LogP contribution in [0.1, 0.15) is 12.0 Å². The molecular formula is C14H19NO3S2. The van der Waals surface area contributed by atoms with E-state index in [-0.39, 0.29) is 11.7 Å². The lowest BCUT2D eigenvalue weighted by atomic mass is 10.2. The Hall–Kier alpha value is -1.14. The monoisotopic (exact) mass is 313 g/mol. The van der Waals surface area contributed by atoms with Gasteiger partial charge in [0.2, 0.25) is 5.91 Å². The second-order valence-corrected chi connectivity index (χ2v) is 6.30. The summed E-state index contributed by atoms with van der Waals surface area (Å²) in [5.74, 6) is -0.282. The highest BCUT2D eigenvalue weighted by molar-refractivity contribution is 8.00. The second-order valence-electron chi connectivity index (χ2n) is 4.29. The van der Waals surface area contributed by atoms with Crippen LogP contribution in [0.5, 0.6) is 0 Å². The summed E-state index contributed by atoms with van der Waals surface area (Å²) in [5.41, 5.74) is 1.11. The number of benzene rings is 1. The Balaban J connectivity index is 2.46. The van der Waals surface area contributed by atoms with E-state index in [1.54, 1.807) is 11.8 Å². The van der Waals surface area contributed by atoms with Crippen molar-refractivity contribution in [2.24, 2.45) is 0 Å². The molecule has 0 saturated heterocycles. The Morgan fingerprint density at radius 2 is 2.05 bits per heavy atom. The molecule has 2 N–H and O–H groups in total. The lowest BCUT2D eigenvalue weighted by molar-refractivity contribution is -0.141. The first-order chi connectivity index (χ1) is 9.54. The molecular weight excluding hydrogens is 294 g/mol. The summed E-state index contributed by atoms with van der Waals surface area (Å²) in [6.07, 6.45) is 2.35. The molecule has 0 saturated carbocycles. The van der Waals surface area contributed by atoms with Crippen LogP contribution in [0.4, 0.5) is 0 Å². The molecule has 0 fully saturated rings. The normalized spacial score (nSPS) is 11.9. The second kappa shape index (κ2) is 8.92. The van der Waals surface area contributed by atoms with Crippen molar-refractivity contribution in [2.75, 3.05) is 17.8 Å². The van der Waals surface area contributed by atoms with Crippen LogP contribution in [0.25, 0.3) is 0 Å². The number of aliphatic carboxylic acids is 1. The third-order valence-electron chi connectivity index (χ3n) is 2.70. The Morgan fingerprint density at radius 3 is 2.65 bits per heavy atom. The van der Waals surface area contributed by atoms with Crippen molar-refractivity contribution in [3.8, 4) is 0 Å². The third-order valence-corrected chi connectivity index (χ3v) is 4.52. The standard InChI is InChI=1S/C14H19NO3S2/c1-10-5-3-4-6-12(10)20-9-13(16)15-11(14(17)18)7-8-19-2/h3-6,11H,7-9H2,1-2H3,(H,15,16)(H,17,18)/t11-/m0/s1. The van der Waals surface area contributed by atoms with Crippen molar-refractivity contribution < 1.29 is 14.7 Å². The van der Waals surface area contributed by atoms with Gasteiger partial charge in [0.15, 0.2) is 0 Å². The van der Waals surface area contributed by atoms with Crippen LogP contribution >= 0.6 is 23.5 Å². The molecule has 4 nitrogen and oxygen atoms in total. The molecule has 0 aromatic heterocycles. The molecule has 1 rings (SSSR count). The molecule has 1 atom stereocenters. The number of rotatable bonds is 8. The molecule has 0 aliphatic rings. The van der Waals surface area contributed by atoms with E-state index in [0.717, 1.165) is 10.5 Å². The lowest BCUT2D eigenvalue weighted by Gasteiger charge is -2.14. The molecule has 0 heterocycles. The van der Waals surface area contributed by atoms with Crippen LogP contribution in [0.3, 0.4) is 0 Å². The van der Waals surface area contributed by atoms with E-state index in [1.165, 1.54) is 11.8 Å². The van der Waals surface area contributed by atoms with Crippen molar-refractivity contribution in [3.63, 3.8) is 0 Å². The van der Waals surface area contributed by atoms with Crippen LogP contribution in [0.15, 0.2) is 29.2 Å². The van der Waals surface area contributed by atoms with Crippen molar-refractivity contribution in [2.45, 2.75) is 24.3 Å². The zero-order valence-electron chi connectivity index (χ0n) is 11.6. The van der Waals surface area contributed by atoms with E-state index in [1.807, 2.05) is 37.4 Å². The fourth-order valence-electron chi connectivity index (χ4n) is 1.59. The third kappa shape index (κ3) is 5.88. The number of carboxylic acid groups (broad SMARTS) is 1. The molecule has 1 aromatic carbocycles. The highest BCUT2D eigenvalue weighted by atomic mass is 32.2. The number of hydrogen-bond donors (Lipinski definition) is 2. The smallest absolute Gasteiger partial charge is 0.326 e. The van der Waals surface area contributed by atoms with Gasteiger partial charge in [-0.2, -0.15) is 11.8 Å². The number of thioether (sulfide) groups is 2. The van der Waals surface area contributed by atoms with Gasteiger partial charge in [0.1, 0.15) is 6.04 Å². The van der Waals surface area contributed by atoms with E-state index in [0.29, 0.717) is 12.2 Å². The van der Waals surface area contributed by atoms with E-state index in [2.05, 4.69) is 5.32 Å². The fourth-order valence-corrected chi connectivity index (χ4v) is 2.90. The number of carbonyl (C=O) groups is 2. The van der Waals surface area contributed by atoms with Crippen LogP contribution in [0.2, 0.25) is 0 Å². The number of hydrogen-bond acceptors (Lipinski definition) is 4. The minimum Gasteiger partial charge on any atom is -0.480 e. The minimum absolute atomic E-state index is 0.230. The molecule has 110 valence electrons. The van der Waals surface area contributed by atoms with Crippen molar-refractivity contribution in [3.05, 3.63) is 29.8 Å². The number of aryl methyl sites for hydroxylation is 1. The van der Waals surface area contributed by atoms with E-state index in [4.69, 9.17) is 5.11 Å². The van der Waals surface area contributed by atoms with Gasteiger partial charge < -0.3 is 10.4 Å². The largest absolute Gasteiger partial charge is 0.480 e. The molecule has 0 bridgehead atoms. The Morgan fingerprint density at radius 1 is 1.35 bits per heavy atom. The first kappa shape index (κ1) is 16.9. The number of amides is 1. The lowest BCUT2D eigenvalue weighted by Crippen LogP contribution is -2.42. The van der Waals surface area contributed by atoms with Gasteiger partial charge in [0, 0.05) is 4.90 Å².